The summed E-state index contributed by atoms with van der Waals surface area (Å²) in [5, 5.41) is 5.28. The number of nitrogens with one attached hydrogen (secondary N) is 1. The molecule has 1 saturated carbocycles. The molecule has 0 bridgehead atoms. The molecule has 23 heavy (non-hydrogen) atoms. The highest BCUT2D eigenvalue weighted by Gasteiger charge is 2.53. The van der Waals surface area contributed by atoms with E-state index in [1.54, 1.807) is 0 Å². The van der Waals surface area contributed by atoms with Crippen LogP contribution in [0.15, 0.2) is 5.38 Å². The fourth-order valence-electron chi connectivity index (χ4n) is 4.46. The van der Waals surface area contributed by atoms with Crippen molar-refractivity contribution in [1.29, 1.82) is 0 Å². The summed E-state index contributed by atoms with van der Waals surface area (Å²) in [6.07, 6.45) is 8.87. The van der Waals surface area contributed by atoms with Crippen molar-refractivity contribution < 1.29 is 14.3 Å². The molecule has 1 atom stereocenters. The molecule has 1 saturated heterocycles. The first-order chi connectivity index (χ1) is 11.2. The Morgan fingerprint density at radius 2 is 2.04 bits per heavy atom. The van der Waals surface area contributed by atoms with Gasteiger partial charge in [-0.1, -0.05) is 0 Å². The van der Waals surface area contributed by atoms with Gasteiger partial charge < -0.3 is 10.1 Å². The highest BCUT2D eigenvalue weighted by molar-refractivity contribution is 7.10. The number of carbonyl (C=O) groups excluding carboxylic acids is 2. The van der Waals surface area contributed by atoms with Gasteiger partial charge in [0.05, 0.1) is 12.3 Å². The fourth-order valence-corrected chi connectivity index (χ4v) is 5.61. The SMILES string of the molecule is O=C1CC(C(=O)NCc2csc3c2CCCC3)C2(CCCC2)O1. The van der Waals surface area contributed by atoms with Crippen LogP contribution in [0.1, 0.15) is 60.9 Å². The number of ether oxygens (including phenoxy) is 1. The number of hydrogen-bond acceptors (Lipinski definition) is 4. The van der Waals surface area contributed by atoms with Crippen LogP contribution in [-0.2, 0) is 33.7 Å². The molecule has 1 N–H and O–H groups in total. The second-order valence-electron chi connectivity index (χ2n) is 7.09. The quantitative estimate of drug-likeness (QED) is 0.865. The summed E-state index contributed by atoms with van der Waals surface area (Å²) in [6, 6.07) is 0. The van der Waals surface area contributed by atoms with E-state index in [2.05, 4.69) is 10.7 Å². The second kappa shape index (κ2) is 5.93. The largest absolute Gasteiger partial charge is 0.458 e. The first kappa shape index (κ1) is 15.2. The molecule has 1 aliphatic heterocycles. The Balaban J connectivity index is 1.44. The number of amides is 1. The van der Waals surface area contributed by atoms with E-state index >= 15 is 0 Å². The molecule has 1 aromatic rings. The summed E-state index contributed by atoms with van der Waals surface area (Å²) in [5.41, 5.74) is 2.22. The van der Waals surface area contributed by atoms with E-state index in [-0.39, 0.29) is 24.2 Å². The Bertz CT molecular complexity index is 630. The molecule has 1 unspecified atom stereocenters. The van der Waals surface area contributed by atoms with E-state index in [9.17, 15) is 9.59 Å². The average molecular weight is 333 g/mol. The molecule has 4 rings (SSSR count). The molecule has 124 valence electrons. The molecule has 0 aromatic carbocycles. The number of rotatable bonds is 3. The van der Waals surface area contributed by atoms with Gasteiger partial charge >= 0.3 is 5.97 Å². The van der Waals surface area contributed by atoms with E-state index < -0.39 is 5.60 Å². The van der Waals surface area contributed by atoms with E-state index in [0.717, 1.165) is 32.1 Å². The lowest BCUT2D eigenvalue weighted by molar-refractivity contribution is -0.149. The number of thiophene rings is 1. The Morgan fingerprint density at radius 1 is 1.26 bits per heavy atom. The number of esters is 1. The maximum atomic E-state index is 12.7. The summed E-state index contributed by atoms with van der Waals surface area (Å²) in [7, 11) is 0. The van der Waals surface area contributed by atoms with Crippen LogP contribution in [0.5, 0.6) is 0 Å². The van der Waals surface area contributed by atoms with Gasteiger partial charge in [-0.25, -0.2) is 0 Å². The lowest BCUT2D eigenvalue weighted by Crippen LogP contribution is -2.42. The Hall–Kier alpha value is -1.36. The minimum Gasteiger partial charge on any atom is -0.458 e. The smallest absolute Gasteiger partial charge is 0.307 e. The van der Waals surface area contributed by atoms with Crippen molar-refractivity contribution in [3.63, 3.8) is 0 Å². The molecule has 2 fully saturated rings. The highest BCUT2D eigenvalue weighted by Crippen LogP contribution is 2.45. The Kier molecular flexibility index (Phi) is 3.92. The summed E-state index contributed by atoms with van der Waals surface area (Å²) in [5.74, 6) is -0.513. The van der Waals surface area contributed by atoms with E-state index in [0.29, 0.717) is 6.54 Å². The molecule has 2 aliphatic carbocycles. The maximum Gasteiger partial charge on any atom is 0.307 e. The average Bonchev–Trinajstić information content (AvgIpc) is 3.25. The van der Waals surface area contributed by atoms with Crippen molar-refractivity contribution in [1.82, 2.24) is 5.32 Å². The summed E-state index contributed by atoms with van der Waals surface area (Å²) in [4.78, 5) is 25.9. The van der Waals surface area contributed by atoms with E-state index in [4.69, 9.17) is 4.74 Å². The van der Waals surface area contributed by atoms with Crippen LogP contribution in [0.4, 0.5) is 0 Å². The third-order valence-corrected chi connectivity index (χ3v) is 6.83. The Morgan fingerprint density at radius 3 is 2.87 bits per heavy atom. The van der Waals surface area contributed by atoms with Crippen LogP contribution in [0.25, 0.3) is 0 Å². The number of carbonyl (C=O) groups is 2. The standard InChI is InChI=1S/C18H23NO3S/c20-16-9-14(18(22-16)7-3-4-8-18)17(21)19-10-12-11-23-15-6-2-1-5-13(12)15/h11,14H,1-10H2,(H,19,21). The lowest BCUT2D eigenvalue weighted by atomic mass is 9.85. The van der Waals surface area contributed by atoms with Crippen molar-refractivity contribution in [3.05, 3.63) is 21.4 Å². The Labute approximate surface area is 140 Å². The van der Waals surface area contributed by atoms with Gasteiger partial charge in [0.1, 0.15) is 5.60 Å². The summed E-state index contributed by atoms with van der Waals surface area (Å²) >= 11 is 1.83. The van der Waals surface area contributed by atoms with Gasteiger partial charge in [0.2, 0.25) is 5.91 Å². The maximum absolute atomic E-state index is 12.7. The number of aryl methyl sites for hydroxylation is 1. The molecular formula is C18H23NO3S. The van der Waals surface area contributed by atoms with Crippen LogP contribution < -0.4 is 5.32 Å². The van der Waals surface area contributed by atoms with E-state index in [1.807, 2.05) is 11.3 Å². The third kappa shape index (κ3) is 2.69. The van der Waals surface area contributed by atoms with Crippen molar-refractivity contribution in [3.8, 4) is 0 Å². The van der Waals surface area contributed by atoms with Crippen LogP contribution in [0, 0.1) is 5.92 Å². The molecule has 5 heteroatoms. The molecular weight excluding hydrogens is 310 g/mol. The molecule has 4 nitrogen and oxygen atoms in total. The van der Waals surface area contributed by atoms with E-state index in [1.165, 1.54) is 35.3 Å². The minimum atomic E-state index is -0.505. The van der Waals surface area contributed by atoms with Gasteiger partial charge in [-0.3, -0.25) is 9.59 Å². The van der Waals surface area contributed by atoms with Gasteiger partial charge in [-0.05, 0) is 67.9 Å². The van der Waals surface area contributed by atoms with Crippen molar-refractivity contribution >= 4 is 23.2 Å². The lowest BCUT2D eigenvalue weighted by Gasteiger charge is -2.28. The van der Waals surface area contributed by atoms with Gasteiger partial charge in [0.25, 0.3) is 0 Å². The van der Waals surface area contributed by atoms with Gasteiger partial charge in [0.15, 0.2) is 0 Å². The van der Waals surface area contributed by atoms with Gasteiger partial charge in [0, 0.05) is 11.4 Å². The van der Waals surface area contributed by atoms with Gasteiger partial charge in [-0.2, -0.15) is 0 Å². The molecule has 3 aliphatic rings. The second-order valence-corrected chi connectivity index (χ2v) is 8.05. The normalized spacial score (nSPS) is 25.4. The predicted octanol–water partition coefficient (Wildman–Crippen LogP) is 3.12. The number of fused-ring (bicyclic) bond motifs is 1. The van der Waals surface area contributed by atoms with Crippen molar-refractivity contribution in [2.75, 3.05) is 0 Å². The first-order valence-electron chi connectivity index (χ1n) is 8.76. The summed E-state index contributed by atoms with van der Waals surface area (Å²) in [6.45, 7) is 0.589. The third-order valence-electron chi connectivity index (χ3n) is 5.69. The van der Waals surface area contributed by atoms with Crippen LogP contribution >= 0.6 is 11.3 Å². The topological polar surface area (TPSA) is 55.4 Å². The van der Waals surface area contributed by atoms with Crippen molar-refractivity contribution in [2.24, 2.45) is 5.92 Å². The molecule has 1 aromatic heterocycles. The molecule has 2 heterocycles. The fraction of sp³-hybridized carbons (Fsp3) is 0.667. The zero-order chi connectivity index (χ0) is 15.9. The number of hydrogen-bond donors (Lipinski definition) is 1. The van der Waals surface area contributed by atoms with Crippen LogP contribution in [0.2, 0.25) is 0 Å². The first-order valence-corrected chi connectivity index (χ1v) is 9.64. The monoisotopic (exact) mass is 333 g/mol. The minimum absolute atomic E-state index is 0.00601. The highest BCUT2D eigenvalue weighted by atomic mass is 32.1. The predicted molar refractivity (Wildman–Crippen MR) is 88.2 cm³/mol. The van der Waals surface area contributed by atoms with Gasteiger partial charge in [-0.15, -0.1) is 11.3 Å². The van der Waals surface area contributed by atoms with Crippen molar-refractivity contribution in [2.45, 2.75) is 69.9 Å². The molecule has 1 amide bonds. The molecule has 1 spiro atoms. The zero-order valence-electron chi connectivity index (χ0n) is 13.4. The summed E-state index contributed by atoms with van der Waals surface area (Å²) < 4.78 is 5.57. The van der Waals surface area contributed by atoms with Crippen LogP contribution in [0.3, 0.4) is 0 Å². The zero-order valence-corrected chi connectivity index (χ0v) is 14.2. The molecule has 0 radical (unpaired) electrons. The van der Waals surface area contributed by atoms with Crippen LogP contribution in [-0.4, -0.2) is 17.5 Å².